The van der Waals surface area contributed by atoms with Crippen molar-refractivity contribution >= 4 is 38.9 Å². The van der Waals surface area contributed by atoms with Gasteiger partial charge in [0.2, 0.25) is 15.9 Å². The van der Waals surface area contributed by atoms with Gasteiger partial charge in [0.25, 0.3) is 0 Å². The van der Waals surface area contributed by atoms with Gasteiger partial charge in [0.1, 0.15) is 12.4 Å². The van der Waals surface area contributed by atoms with Crippen molar-refractivity contribution in [3.63, 3.8) is 0 Å². The maximum Gasteiger partial charge on any atom is 0.241 e. The lowest BCUT2D eigenvalue weighted by Gasteiger charge is -2.22. The van der Waals surface area contributed by atoms with Crippen molar-refractivity contribution in [3.05, 3.63) is 58.9 Å². The summed E-state index contributed by atoms with van der Waals surface area (Å²) in [4.78, 5) is 14.7. The van der Waals surface area contributed by atoms with Gasteiger partial charge in [0, 0.05) is 25.3 Å². The third-order valence-corrected chi connectivity index (χ3v) is 6.21. The number of hydrogen-bond acceptors (Lipinski definition) is 4. The zero-order valence-electron chi connectivity index (χ0n) is 16.1. The summed E-state index contributed by atoms with van der Waals surface area (Å²) in [5, 5.41) is 2.51. The first-order valence-electron chi connectivity index (χ1n) is 9.27. The maximum atomic E-state index is 13.4. The van der Waals surface area contributed by atoms with Crippen LogP contribution in [0, 0.1) is 5.82 Å². The first-order chi connectivity index (χ1) is 13.7. The third kappa shape index (κ3) is 5.61. The molecule has 0 aromatic heterocycles. The molecule has 0 radical (unpaired) electrons. The van der Waals surface area contributed by atoms with Crippen LogP contribution in [0.1, 0.15) is 18.4 Å². The second-order valence-electron chi connectivity index (χ2n) is 7.01. The molecule has 0 aliphatic carbocycles. The lowest BCUT2D eigenvalue weighted by Crippen LogP contribution is -2.40. The molecule has 0 bridgehead atoms. The monoisotopic (exact) mass is 439 g/mol. The molecule has 2 aromatic rings. The van der Waals surface area contributed by atoms with E-state index in [1.807, 2.05) is 24.3 Å². The van der Waals surface area contributed by atoms with E-state index in [0.29, 0.717) is 0 Å². The molecule has 1 fully saturated rings. The summed E-state index contributed by atoms with van der Waals surface area (Å²) in [7, 11) is -3.75. The zero-order valence-corrected chi connectivity index (χ0v) is 17.6. The Bertz CT molecular complexity index is 977. The molecule has 0 spiro atoms. The number of halogens is 2. The van der Waals surface area contributed by atoms with Crippen molar-refractivity contribution in [1.82, 2.24) is 5.32 Å². The molecule has 3 rings (SSSR count). The van der Waals surface area contributed by atoms with Crippen LogP contribution >= 0.6 is 11.6 Å². The first kappa shape index (κ1) is 21.4. The molecular weight excluding hydrogens is 417 g/mol. The smallest absolute Gasteiger partial charge is 0.241 e. The van der Waals surface area contributed by atoms with Gasteiger partial charge in [-0.05, 0) is 48.7 Å². The molecule has 1 saturated heterocycles. The highest BCUT2D eigenvalue weighted by Gasteiger charge is 2.21. The third-order valence-electron chi connectivity index (χ3n) is 4.78. The number of nitrogens with one attached hydrogen (secondary N) is 1. The minimum Gasteiger partial charge on any atom is -0.372 e. The second kappa shape index (κ2) is 9.00. The summed E-state index contributed by atoms with van der Waals surface area (Å²) in [6, 6.07) is 11.5. The van der Waals surface area contributed by atoms with Crippen LogP contribution < -0.4 is 14.5 Å². The van der Waals surface area contributed by atoms with Crippen molar-refractivity contribution < 1.29 is 17.6 Å². The summed E-state index contributed by atoms with van der Waals surface area (Å²) in [5.74, 6) is -1.13. The van der Waals surface area contributed by atoms with Crippen LogP contribution in [0.15, 0.2) is 42.5 Å². The van der Waals surface area contributed by atoms with Gasteiger partial charge in [-0.1, -0.05) is 23.7 Å². The Balaban J connectivity index is 1.62. The molecule has 1 amide bonds. The van der Waals surface area contributed by atoms with E-state index in [9.17, 15) is 17.6 Å². The molecule has 2 aromatic carbocycles. The van der Waals surface area contributed by atoms with Crippen molar-refractivity contribution in [2.75, 3.05) is 35.1 Å². The van der Waals surface area contributed by atoms with Gasteiger partial charge in [0.15, 0.2) is 0 Å². The molecule has 156 valence electrons. The van der Waals surface area contributed by atoms with E-state index in [1.165, 1.54) is 25.0 Å². The van der Waals surface area contributed by atoms with Crippen LogP contribution in [0.5, 0.6) is 0 Å². The maximum absolute atomic E-state index is 13.4. The molecule has 29 heavy (non-hydrogen) atoms. The lowest BCUT2D eigenvalue weighted by atomic mass is 10.2. The van der Waals surface area contributed by atoms with Crippen molar-refractivity contribution in [2.24, 2.45) is 0 Å². The van der Waals surface area contributed by atoms with Gasteiger partial charge in [0.05, 0.1) is 17.0 Å². The fraction of sp³-hybridized carbons (Fsp3) is 0.350. The highest BCUT2D eigenvalue weighted by Crippen LogP contribution is 2.24. The number of benzene rings is 2. The minimum atomic E-state index is -3.75. The minimum absolute atomic E-state index is 0.129. The number of nitrogens with zero attached hydrogens (tertiary/aromatic N) is 2. The molecule has 1 heterocycles. The molecule has 1 aliphatic heterocycles. The Labute approximate surface area is 175 Å². The predicted molar refractivity (Wildman–Crippen MR) is 113 cm³/mol. The van der Waals surface area contributed by atoms with E-state index in [0.717, 1.165) is 41.0 Å². The molecule has 1 N–H and O–H groups in total. The van der Waals surface area contributed by atoms with Crippen molar-refractivity contribution in [3.8, 4) is 0 Å². The van der Waals surface area contributed by atoms with Crippen LogP contribution in [0.2, 0.25) is 5.02 Å². The largest absolute Gasteiger partial charge is 0.372 e. The Morgan fingerprint density at radius 2 is 1.83 bits per heavy atom. The number of anilines is 2. The van der Waals surface area contributed by atoms with E-state index >= 15 is 0 Å². The Hall–Kier alpha value is -2.32. The van der Waals surface area contributed by atoms with E-state index in [4.69, 9.17) is 11.6 Å². The van der Waals surface area contributed by atoms with Crippen LogP contribution in [-0.2, 0) is 21.4 Å². The van der Waals surface area contributed by atoms with Gasteiger partial charge in [-0.2, -0.15) is 0 Å². The average Bonchev–Trinajstić information content (AvgIpc) is 3.21. The number of carbonyl (C=O) groups is 1. The SMILES string of the molecule is CS(=O)(=O)N(CC(=O)NCc1ccc(N2CCCC2)cc1)c1ccc(F)c(Cl)c1. The zero-order chi connectivity index (χ0) is 21.0. The molecule has 6 nitrogen and oxygen atoms in total. The Morgan fingerprint density at radius 1 is 1.17 bits per heavy atom. The highest BCUT2D eigenvalue weighted by atomic mass is 35.5. The van der Waals surface area contributed by atoms with E-state index in [2.05, 4.69) is 10.2 Å². The quantitative estimate of drug-likeness (QED) is 0.719. The van der Waals surface area contributed by atoms with Gasteiger partial charge >= 0.3 is 0 Å². The topological polar surface area (TPSA) is 69.7 Å². The fourth-order valence-electron chi connectivity index (χ4n) is 3.23. The average molecular weight is 440 g/mol. The van der Waals surface area contributed by atoms with Crippen molar-refractivity contribution in [2.45, 2.75) is 19.4 Å². The number of rotatable bonds is 7. The van der Waals surface area contributed by atoms with Crippen molar-refractivity contribution in [1.29, 1.82) is 0 Å². The summed E-state index contributed by atoms with van der Waals surface area (Å²) in [6.45, 7) is 1.98. The highest BCUT2D eigenvalue weighted by molar-refractivity contribution is 7.92. The van der Waals surface area contributed by atoms with E-state index in [1.54, 1.807) is 0 Å². The number of sulfonamides is 1. The second-order valence-corrected chi connectivity index (χ2v) is 9.32. The summed E-state index contributed by atoms with van der Waals surface area (Å²) in [6.07, 6.45) is 3.39. The summed E-state index contributed by atoms with van der Waals surface area (Å²) >= 11 is 5.75. The summed E-state index contributed by atoms with van der Waals surface area (Å²) < 4.78 is 38.5. The number of amides is 1. The van der Waals surface area contributed by atoms with Crippen LogP contribution in [0.25, 0.3) is 0 Å². The molecule has 0 atom stereocenters. The number of carbonyl (C=O) groups excluding carboxylic acids is 1. The first-order valence-corrected chi connectivity index (χ1v) is 11.5. The van der Waals surface area contributed by atoms with Crippen LogP contribution in [0.3, 0.4) is 0 Å². The molecule has 0 unspecified atom stereocenters. The lowest BCUT2D eigenvalue weighted by molar-refractivity contribution is -0.119. The normalized spacial score (nSPS) is 14.1. The van der Waals surface area contributed by atoms with E-state index < -0.39 is 28.3 Å². The van der Waals surface area contributed by atoms with Gasteiger partial charge in [-0.25, -0.2) is 12.8 Å². The molecule has 9 heteroatoms. The predicted octanol–water partition coefficient (Wildman–Crippen LogP) is 3.16. The summed E-state index contributed by atoms with van der Waals surface area (Å²) in [5.41, 5.74) is 2.20. The van der Waals surface area contributed by atoms with E-state index in [-0.39, 0.29) is 17.3 Å². The molecule has 1 aliphatic rings. The standard InChI is InChI=1S/C20H23ClFN3O3S/c1-29(27,28)25(17-8-9-19(22)18(21)12-17)14-20(26)23-13-15-4-6-16(7-5-15)24-10-2-3-11-24/h4-9,12H,2-3,10-11,13-14H2,1H3,(H,23,26). The molecular formula is C20H23ClFN3O3S. The Kier molecular flexibility index (Phi) is 6.64. The molecule has 0 saturated carbocycles. The Morgan fingerprint density at radius 3 is 2.41 bits per heavy atom. The number of hydrogen-bond donors (Lipinski definition) is 1. The fourth-order valence-corrected chi connectivity index (χ4v) is 4.25. The van der Waals surface area contributed by atoms with Gasteiger partial charge in [-0.15, -0.1) is 0 Å². The van der Waals surface area contributed by atoms with Gasteiger partial charge in [-0.3, -0.25) is 9.10 Å². The van der Waals surface area contributed by atoms with Crippen LogP contribution in [-0.4, -0.2) is 40.2 Å². The van der Waals surface area contributed by atoms with Crippen LogP contribution in [0.4, 0.5) is 15.8 Å². The van der Waals surface area contributed by atoms with Gasteiger partial charge < -0.3 is 10.2 Å².